The molecule has 0 spiro atoms. The summed E-state index contributed by atoms with van der Waals surface area (Å²) in [4.78, 5) is 54.8. The summed E-state index contributed by atoms with van der Waals surface area (Å²) in [5.74, 6) is -0.717. The standard InChI is InChI=1S/C26H38N6O4/c1-30-13-15-31(16-14-30)18-24(34)28-12-5-3-2-4-11-27-21-8-6-7-19-20(21)17-32(26(19)36)22-9-10-23(33)29-25(22)35/h6-8,22,27H,2-5,9-18H2,1H3,(H,28,34)(H,29,33,35). The van der Waals surface area contributed by atoms with Crippen molar-refractivity contribution in [3.8, 4) is 0 Å². The van der Waals surface area contributed by atoms with Crippen molar-refractivity contribution < 1.29 is 19.2 Å². The Morgan fingerprint density at radius 1 is 1.03 bits per heavy atom. The van der Waals surface area contributed by atoms with E-state index >= 15 is 0 Å². The molecule has 10 heteroatoms. The Hall–Kier alpha value is -2.98. The average molecular weight is 499 g/mol. The minimum absolute atomic E-state index is 0.111. The van der Waals surface area contributed by atoms with Crippen molar-refractivity contribution in [3.05, 3.63) is 29.3 Å². The summed E-state index contributed by atoms with van der Waals surface area (Å²) < 4.78 is 0. The summed E-state index contributed by atoms with van der Waals surface area (Å²) in [6, 6.07) is 5.03. The van der Waals surface area contributed by atoms with Gasteiger partial charge in [-0.25, -0.2) is 0 Å². The van der Waals surface area contributed by atoms with Gasteiger partial charge in [0.1, 0.15) is 6.04 Å². The summed E-state index contributed by atoms with van der Waals surface area (Å²) in [6.07, 6.45) is 4.67. The second-order valence-corrected chi connectivity index (χ2v) is 10.0. The number of nitrogens with zero attached hydrogens (tertiary/aromatic N) is 3. The van der Waals surface area contributed by atoms with Crippen molar-refractivity contribution >= 4 is 29.3 Å². The number of carbonyl (C=O) groups excluding carboxylic acids is 4. The molecule has 3 aliphatic rings. The van der Waals surface area contributed by atoms with E-state index in [0.717, 1.165) is 69.7 Å². The van der Waals surface area contributed by atoms with Crippen molar-refractivity contribution in [2.75, 3.05) is 58.2 Å². The van der Waals surface area contributed by atoms with Crippen LogP contribution >= 0.6 is 0 Å². The van der Waals surface area contributed by atoms with Crippen LogP contribution in [0.25, 0.3) is 0 Å². The van der Waals surface area contributed by atoms with E-state index in [9.17, 15) is 19.2 Å². The summed E-state index contributed by atoms with van der Waals surface area (Å²) in [5.41, 5.74) is 2.46. The molecule has 1 atom stereocenters. The van der Waals surface area contributed by atoms with E-state index in [1.54, 1.807) is 11.0 Å². The molecular formula is C26H38N6O4. The molecule has 0 radical (unpaired) electrons. The summed E-state index contributed by atoms with van der Waals surface area (Å²) >= 11 is 0. The first-order chi connectivity index (χ1) is 17.4. The molecule has 3 N–H and O–H groups in total. The molecule has 10 nitrogen and oxygen atoms in total. The summed E-state index contributed by atoms with van der Waals surface area (Å²) in [7, 11) is 2.11. The highest BCUT2D eigenvalue weighted by atomic mass is 16.2. The largest absolute Gasteiger partial charge is 0.385 e. The van der Waals surface area contributed by atoms with E-state index in [0.29, 0.717) is 31.6 Å². The Kier molecular flexibility index (Phi) is 8.93. The molecule has 2 fully saturated rings. The van der Waals surface area contributed by atoms with E-state index in [2.05, 4.69) is 32.8 Å². The highest BCUT2D eigenvalue weighted by molar-refractivity contribution is 6.06. The zero-order valence-corrected chi connectivity index (χ0v) is 21.2. The molecular weight excluding hydrogens is 460 g/mol. The number of hydrogen-bond acceptors (Lipinski definition) is 7. The van der Waals surface area contributed by atoms with Crippen molar-refractivity contribution in [2.24, 2.45) is 0 Å². The van der Waals surface area contributed by atoms with Crippen LogP contribution in [0.15, 0.2) is 18.2 Å². The topological polar surface area (TPSA) is 114 Å². The molecule has 3 heterocycles. The molecule has 196 valence electrons. The number of likely N-dealkylation sites (N-methyl/N-ethyl adjacent to an activating group) is 1. The molecule has 36 heavy (non-hydrogen) atoms. The van der Waals surface area contributed by atoms with Gasteiger partial charge in [-0.05, 0) is 38.4 Å². The van der Waals surface area contributed by atoms with Crippen LogP contribution in [0.1, 0.15) is 54.4 Å². The molecule has 0 bridgehead atoms. The molecule has 4 amide bonds. The molecule has 0 saturated carbocycles. The first-order valence-electron chi connectivity index (χ1n) is 13.1. The number of anilines is 1. The lowest BCUT2D eigenvalue weighted by molar-refractivity contribution is -0.137. The van der Waals surface area contributed by atoms with Gasteiger partial charge in [0.15, 0.2) is 0 Å². The van der Waals surface area contributed by atoms with Gasteiger partial charge in [-0.2, -0.15) is 0 Å². The lowest BCUT2D eigenvalue weighted by Crippen LogP contribution is -2.52. The highest BCUT2D eigenvalue weighted by Gasteiger charge is 2.39. The molecule has 1 aromatic rings. The Morgan fingerprint density at radius 3 is 2.53 bits per heavy atom. The number of piperidine rings is 1. The van der Waals surface area contributed by atoms with Gasteiger partial charge in [0.2, 0.25) is 17.7 Å². The van der Waals surface area contributed by atoms with Crippen molar-refractivity contribution in [1.82, 2.24) is 25.3 Å². The predicted molar refractivity (Wildman–Crippen MR) is 136 cm³/mol. The number of nitrogens with one attached hydrogen (secondary N) is 3. The molecule has 1 unspecified atom stereocenters. The van der Waals surface area contributed by atoms with Crippen molar-refractivity contribution in [3.63, 3.8) is 0 Å². The smallest absolute Gasteiger partial charge is 0.255 e. The normalized spacial score (nSPS) is 20.9. The minimum atomic E-state index is -0.600. The van der Waals surface area contributed by atoms with Gasteiger partial charge in [-0.3, -0.25) is 29.4 Å². The molecule has 1 aromatic carbocycles. The van der Waals surface area contributed by atoms with Crippen LogP contribution in [0, 0.1) is 0 Å². The third kappa shape index (κ3) is 6.61. The second kappa shape index (κ2) is 12.3. The second-order valence-electron chi connectivity index (χ2n) is 10.0. The number of amides is 4. The maximum Gasteiger partial charge on any atom is 0.255 e. The number of unbranched alkanes of at least 4 members (excludes halogenated alkanes) is 3. The number of imide groups is 1. The zero-order valence-electron chi connectivity index (χ0n) is 21.2. The summed E-state index contributed by atoms with van der Waals surface area (Å²) in [6.45, 7) is 6.29. The molecule has 4 rings (SSSR count). The van der Waals surface area contributed by atoms with Crippen LogP contribution in [-0.4, -0.2) is 97.2 Å². The van der Waals surface area contributed by atoms with Crippen LogP contribution in [0.5, 0.6) is 0 Å². The van der Waals surface area contributed by atoms with Crippen LogP contribution in [0.2, 0.25) is 0 Å². The maximum absolute atomic E-state index is 12.9. The third-order valence-electron chi connectivity index (χ3n) is 7.29. The fourth-order valence-electron chi connectivity index (χ4n) is 5.07. The monoisotopic (exact) mass is 498 g/mol. The fourth-order valence-corrected chi connectivity index (χ4v) is 5.07. The number of rotatable bonds is 11. The van der Waals surface area contributed by atoms with Crippen LogP contribution in [0.4, 0.5) is 5.69 Å². The van der Waals surface area contributed by atoms with Crippen LogP contribution in [-0.2, 0) is 20.9 Å². The number of benzene rings is 1. The van der Waals surface area contributed by atoms with Crippen LogP contribution < -0.4 is 16.0 Å². The minimum Gasteiger partial charge on any atom is -0.385 e. The number of fused-ring (bicyclic) bond motifs is 1. The van der Waals surface area contributed by atoms with E-state index in [4.69, 9.17) is 0 Å². The maximum atomic E-state index is 12.9. The van der Waals surface area contributed by atoms with E-state index in [-0.39, 0.29) is 24.1 Å². The zero-order chi connectivity index (χ0) is 25.5. The Balaban J connectivity index is 1.12. The third-order valence-corrected chi connectivity index (χ3v) is 7.29. The molecule has 0 aromatic heterocycles. The van der Waals surface area contributed by atoms with Gasteiger partial charge in [0, 0.05) is 69.0 Å². The van der Waals surface area contributed by atoms with Crippen molar-refractivity contribution in [1.29, 1.82) is 0 Å². The first-order valence-corrected chi connectivity index (χ1v) is 13.1. The number of hydrogen-bond donors (Lipinski definition) is 3. The van der Waals surface area contributed by atoms with Gasteiger partial charge in [-0.15, -0.1) is 0 Å². The highest BCUT2D eigenvalue weighted by Crippen LogP contribution is 2.32. The van der Waals surface area contributed by atoms with E-state index in [1.165, 1.54) is 0 Å². The quantitative estimate of drug-likeness (QED) is 0.305. The lowest BCUT2D eigenvalue weighted by Gasteiger charge is -2.31. The lowest BCUT2D eigenvalue weighted by atomic mass is 10.0. The van der Waals surface area contributed by atoms with Gasteiger partial charge in [0.25, 0.3) is 5.91 Å². The first kappa shape index (κ1) is 26.1. The molecule has 0 aliphatic carbocycles. The van der Waals surface area contributed by atoms with Crippen molar-refractivity contribution in [2.45, 2.75) is 51.1 Å². The SMILES string of the molecule is CN1CCN(CC(=O)NCCCCCCNc2cccc3c2CN(C2CCC(=O)NC2=O)C3=O)CC1. The molecule has 2 saturated heterocycles. The van der Waals surface area contributed by atoms with Gasteiger partial charge in [-0.1, -0.05) is 18.9 Å². The average Bonchev–Trinajstić information content (AvgIpc) is 3.19. The van der Waals surface area contributed by atoms with E-state index in [1.807, 2.05) is 12.1 Å². The Labute approximate surface area is 212 Å². The van der Waals surface area contributed by atoms with Crippen LogP contribution in [0.3, 0.4) is 0 Å². The number of carbonyl (C=O) groups is 4. The summed E-state index contributed by atoms with van der Waals surface area (Å²) in [5, 5.41) is 8.83. The predicted octanol–water partition coefficient (Wildman–Crippen LogP) is 0.784. The van der Waals surface area contributed by atoms with Gasteiger partial charge in [0.05, 0.1) is 6.54 Å². The Morgan fingerprint density at radius 2 is 1.78 bits per heavy atom. The molecule has 3 aliphatic heterocycles. The number of piperazine rings is 1. The fraction of sp³-hybridized carbons (Fsp3) is 0.615. The Bertz CT molecular complexity index is 975. The van der Waals surface area contributed by atoms with E-state index < -0.39 is 11.9 Å². The van der Waals surface area contributed by atoms with Gasteiger partial charge >= 0.3 is 0 Å². The van der Waals surface area contributed by atoms with Gasteiger partial charge < -0.3 is 20.4 Å².